The van der Waals surface area contributed by atoms with Crippen molar-refractivity contribution in [3.63, 3.8) is 0 Å². The highest BCUT2D eigenvalue weighted by Crippen LogP contribution is 2.19. The van der Waals surface area contributed by atoms with Gasteiger partial charge < -0.3 is 9.47 Å². The molecule has 0 aromatic rings. The number of carbonyl (C=O) groups is 1. The molecule has 0 radical (unpaired) electrons. The molecule has 0 aliphatic carbocycles. The summed E-state index contributed by atoms with van der Waals surface area (Å²) in [6, 6.07) is 0. The maximum absolute atomic E-state index is 10.3. The second-order valence-electron chi connectivity index (χ2n) is 4.34. The summed E-state index contributed by atoms with van der Waals surface area (Å²) >= 11 is 0. The average Bonchev–Trinajstić information content (AvgIpc) is 2.57. The van der Waals surface area contributed by atoms with Gasteiger partial charge >= 0.3 is 0 Å². The van der Waals surface area contributed by atoms with Gasteiger partial charge in [0.05, 0.1) is 7.11 Å². The van der Waals surface area contributed by atoms with E-state index in [0.29, 0.717) is 29.0 Å². The van der Waals surface area contributed by atoms with E-state index >= 15 is 0 Å². The number of ether oxygens (including phenoxy) is 2. The number of allylic oxidation sites excluding steroid dienone is 6. The first-order valence-electron chi connectivity index (χ1n) is 7.61. The van der Waals surface area contributed by atoms with Gasteiger partial charge in [0, 0.05) is 5.57 Å². The Morgan fingerprint density at radius 2 is 1.58 bits per heavy atom. The van der Waals surface area contributed by atoms with E-state index in [1.54, 1.807) is 18.2 Å². The van der Waals surface area contributed by atoms with Crippen molar-refractivity contribution in [3.8, 4) is 0 Å². The van der Waals surface area contributed by atoms with Crippen LogP contribution in [0.2, 0.25) is 0 Å². The molecule has 0 spiro atoms. The zero-order chi connectivity index (χ0) is 19.5. The lowest BCUT2D eigenvalue weighted by atomic mass is 9.99. The van der Waals surface area contributed by atoms with Gasteiger partial charge in [-0.25, -0.2) is 0 Å². The van der Waals surface area contributed by atoms with E-state index in [0.717, 1.165) is 5.57 Å². The topological polar surface area (TPSA) is 35.5 Å². The Morgan fingerprint density at radius 1 is 1.08 bits per heavy atom. The quantitative estimate of drug-likeness (QED) is 0.235. The normalized spacial score (nSPS) is 9.46. The Bertz CT molecular complexity index is 491. The van der Waals surface area contributed by atoms with Crippen molar-refractivity contribution < 1.29 is 14.3 Å². The van der Waals surface area contributed by atoms with Crippen molar-refractivity contribution in [2.45, 2.75) is 27.7 Å². The lowest BCUT2D eigenvalue weighted by molar-refractivity contribution is -0.127. The molecule has 0 atom stereocenters. The average molecular weight is 332 g/mol. The molecule has 0 saturated heterocycles. The molecule has 134 valence electrons. The van der Waals surface area contributed by atoms with E-state index in [1.165, 1.54) is 7.11 Å². The van der Waals surface area contributed by atoms with Crippen LogP contribution < -0.4 is 0 Å². The molecule has 0 heterocycles. The zero-order valence-corrected chi connectivity index (χ0v) is 15.9. The smallest absolute Gasteiger partial charge is 0.293 e. The first-order valence-corrected chi connectivity index (χ1v) is 7.61. The van der Waals surface area contributed by atoms with Gasteiger partial charge in [0.15, 0.2) is 0 Å². The van der Waals surface area contributed by atoms with E-state index in [9.17, 15) is 4.79 Å². The van der Waals surface area contributed by atoms with Crippen LogP contribution in [0.1, 0.15) is 27.7 Å². The molecule has 0 unspecified atom stereocenters. The first-order chi connectivity index (χ1) is 11.3. The number of carbonyl (C=O) groups excluding carboxylic acids is 1. The summed E-state index contributed by atoms with van der Waals surface area (Å²) in [5.74, 6) is 0.447. The highest BCUT2D eigenvalue weighted by Gasteiger charge is 2.06. The van der Waals surface area contributed by atoms with E-state index in [1.807, 2.05) is 33.8 Å². The summed E-state index contributed by atoms with van der Waals surface area (Å²) in [6.07, 6.45) is 7.04. The number of hydrogen-bond acceptors (Lipinski definition) is 3. The van der Waals surface area contributed by atoms with E-state index < -0.39 is 0 Å². The molecule has 24 heavy (non-hydrogen) atoms. The second-order valence-corrected chi connectivity index (χ2v) is 4.34. The highest BCUT2D eigenvalue weighted by atomic mass is 16.5. The van der Waals surface area contributed by atoms with Crippen molar-refractivity contribution in [1.29, 1.82) is 0 Å². The predicted molar refractivity (Wildman–Crippen MR) is 106 cm³/mol. The lowest BCUT2D eigenvalue weighted by Gasteiger charge is -2.11. The molecule has 0 rings (SSSR count). The minimum atomic E-state index is 0.0879. The van der Waals surface area contributed by atoms with Crippen LogP contribution >= 0.6 is 0 Å². The van der Waals surface area contributed by atoms with Gasteiger partial charge in [-0.3, -0.25) is 4.79 Å². The molecule has 0 aromatic heterocycles. The van der Waals surface area contributed by atoms with Crippen LogP contribution in [-0.2, 0) is 14.3 Å². The molecular weight excluding hydrogens is 300 g/mol. The van der Waals surface area contributed by atoms with Gasteiger partial charge in [-0.05, 0) is 31.1 Å². The molecule has 0 fully saturated rings. The minimum Gasteiger partial charge on any atom is -0.497 e. The molecule has 0 saturated carbocycles. The SMILES string of the molecule is C=C(C)/C=C\C(=C)C(=C)/C(=C\C(=C)OC)COC=O.C=CC.CC. The van der Waals surface area contributed by atoms with Gasteiger partial charge in [-0.1, -0.05) is 64.0 Å². The third-order valence-electron chi connectivity index (χ3n) is 2.25. The van der Waals surface area contributed by atoms with Crippen LogP contribution in [0.15, 0.2) is 85.3 Å². The van der Waals surface area contributed by atoms with E-state index in [-0.39, 0.29) is 6.61 Å². The highest BCUT2D eigenvalue weighted by molar-refractivity contribution is 5.52. The summed E-state index contributed by atoms with van der Waals surface area (Å²) in [6.45, 7) is 26.9. The summed E-state index contributed by atoms with van der Waals surface area (Å²) < 4.78 is 9.72. The van der Waals surface area contributed by atoms with Crippen molar-refractivity contribution in [1.82, 2.24) is 0 Å². The largest absolute Gasteiger partial charge is 0.497 e. The van der Waals surface area contributed by atoms with Crippen LogP contribution in [0.25, 0.3) is 0 Å². The monoisotopic (exact) mass is 332 g/mol. The third kappa shape index (κ3) is 15.8. The fraction of sp³-hybridized carbons (Fsp3) is 0.286. The van der Waals surface area contributed by atoms with Gasteiger partial charge in [-0.15, -0.1) is 6.58 Å². The molecule has 0 aliphatic rings. The van der Waals surface area contributed by atoms with Gasteiger partial charge in [0.25, 0.3) is 6.47 Å². The second kappa shape index (κ2) is 18.5. The summed E-state index contributed by atoms with van der Waals surface area (Å²) in [5, 5.41) is 0. The summed E-state index contributed by atoms with van der Waals surface area (Å²) in [7, 11) is 1.51. The molecule has 3 nitrogen and oxygen atoms in total. The molecule has 0 aromatic carbocycles. The molecule has 0 amide bonds. The first kappa shape index (κ1) is 26.4. The Morgan fingerprint density at radius 3 is 1.96 bits per heavy atom. The fourth-order valence-electron chi connectivity index (χ4n) is 1.14. The van der Waals surface area contributed by atoms with Gasteiger partial charge in [0.1, 0.15) is 12.4 Å². The maximum atomic E-state index is 10.3. The fourth-order valence-corrected chi connectivity index (χ4v) is 1.14. The predicted octanol–water partition coefficient (Wildman–Crippen LogP) is 5.71. The molecular formula is C21H32O3. The molecule has 0 aliphatic heterocycles. The minimum absolute atomic E-state index is 0.0879. The Balaban J connectivity index is -0.000000786. The Labute approximate surface area is 148 Å². The van der Waals surface area contributed by atoms with Crippen molar-refractivity contribution in [2.24, 2.45) is 0 Å². The zero-order valence-electron chi connectivity index (χ0n) is 15.9. The Hall–Kier alpha value is -2.55. The van der Waals surface area contributed by atoms with E-state index in [2.05, 4.69) is 32.9 Å². The third-order valence-corrected chi connectivity index (χ3v) is 2.25. The van der Waals surface area contributed by atoms with Crippen LogP contribution in [-0.4, -0.2) is 20.2 Å². The Kier molecular flexibility index (Phi) is 20.3. The summed E-state index contributed by atoms with van der Waals surface area (Å²) in [4.78, 5) is 10.3. The maximum Gasteiger partial charge on any atom is 0.293 e. The van der Waals surface area contributed by atoms with Gasteiger partial charge in [0.2, 0.25) is 0 Å². The standard InChI is InChI=1S/C16H20O3.C3H6.C2H6/c1-12(2)7-8-13(3)15(5)16(10-19-11-17)9-14(4)18-6;1-3-2;1-2/h7-9,11H,1,3-5,10H2,2,6H3;3H,1H2,2H3;1-2H3/b8-7-,16-9-;;. The van der Waals surface area contributed by atoms with Crippen molar-refractivity contribution >= 4 is 6.47 Å². The van der Waals surface area contributed by atoms with Crippen molar-refractivity contribution in [2.75, 3.05) is 13.7 Å². The molecule has 3 heteroatoms. The molecule has 0 N–H and O–H groups in total. The van der Waals surface area contributed by atoms with Crippen molar-refractivity contribution in [3.05, 3.63) is 85.3 Å². The van der Waals surface area contributed by atoms with Gasteiger partial charge in [-0.2, -0.15) is 0 Å². The van der Waals surface area contributed by atoms with Crippen LogP contribution in [0.3, 0.4) is 0 Å². The van der Waals surface area contributed by atoms with Crippen LogP contribution in [0, 0.1) is 0 Å². The molecule has 0 bridgehead atoms. The number of hydrogen-bond donors (Lipinski definition) is 0. The van der Waals surface area contributed by atoms with Crippen LogP contribution in [0.4, 0.5) is 0 Å². The number of rotatable bonds is 9. The lowest BCUT2D eigenvalue weighted by Crippen LogP contribution is -2.01. The number of methoxy groups -OCH3 is 1. The van der Waals surface area contributed by atoms with E-state index in [4.69, 9.17) is 9.47 Å². The summed E-state index contributed by atoms with van der Waals surface area (Å²) in [5.41, 5.74) is 2.94. The van der Waals surface area contributed by atoms with Crippen LogP contribution in [0.5, 0.6) is 0 Å².